The number of nitrogens with one attached hydrogen (secondary N) is 1. The SMILES string of the molecule is CCc1ccccc1Nc1nc(N)nc(CSc2nnc(-c3ccccc3Cl)n2N)n1. The van der Waals surface area contributed by atoms with Crippen molar-refractivity contribution >= 4 is 40.9 Å². The molecule has 158 valence electrons. The van der Waals surface area contributed by atoms with Crippen LogP contribution in [0.1, 0.15) is 18.3 Å². The van der Waals surface area contributed by atoms with Crippen LogP contribution < -0.4 is 16.9 Å². The van der Waals surface area contributed by atoms with Crippen LogP contribution in [0, 0.1) is 0 Å². The Morgan fingerprint density at radius 2 is 1.81 bits per heavy atom. The first-order valence-corrected chi connectivity index (χ1v) is 10.8. The first kappa shape index (κ1) is 20.9. The van der Waals surface area contributed by atoms with Crippen LogP contribution in [-0.4, -0.2) is 29.8 Å². The highest BCUT2D eigenvalue weighted by molar-refractivity contribution is 7.98. The Hall–Kier alpha value is -3.37. The predicted molar refractivity (Wildman–Crippen MR) is 124 cm³/mol. The molecule has 0 saturated heterocycles. The lowest BCUT2D eigenvalue weighted by Crippen LogP contribution is -2.12. The zero-order valence-corrected chi connectivity index (χ0v) is 18.2. The highest BCUT2D eigenvalue weighted by Crippen LogP contribution is 2.28. The molecular formula is C20H20ClN9S. The number of nitrogens with zero attached hydrogens (tertiary/aromatic N) is 6. The highest BCUT2D eigenvalue weighted by Gasteiger charge is 2.15. The summed E-state index contributed by atoms with van der Waals surface area (Å²) < 4.78 is 1.40. The molecule has 2 aromatic heterocycles. The minimum Gasteiger partial charge on any atom is -0.368 e. The number of nitrogen functional groups attached to an aromatic ring is 2. The molecule has 0 saturated carbocycles. The Bertz CT molecular complexity index is 1210. The summed E-state index contributed by atoms with van der Waals surface area (Å²) in [6, 6.07) is 15.3. The molecule has 0 aliphatic heterocycles. The molecule has 0 amide bonds. The van der Waals surface area contributed by atoms with Gasteiger partial charge in [0.05, 0.1) is 10.8 Å². The van der Waals surface area contributed by atoms with Crippen LogP contribution in [0.25, 0.3) is 11.4 Å². The lowest BCUT2D eigenvalue weighted by atomic mass is 10.1. The van der Waals surface area contributed by atoms with Gasteiger partial charge in [0.25, 0.3) is 0 Å². The van der Waals surface area contributed by atoms with Crippen LogP contribution in [0.5, 0.6) is 0 Å². The van der Waals surface area contributed by atoms with E-state index in [0.717, 1.165) is 17.7 Å². The summed E-state index contributed by atoms with van der Waals surface area (Å²) in [7, 11) is 0. The third kappa shape index (κ3) is 4.70. The number of aromatic nitrogens is 6. The Morgan fingerprint density at radius 3 is 2.61 bits per heavy atom. The van der Waals surface area contributed by atoms with E-state index in [4.69, 9.17) is 23.2 Å². The second-order valence-corrected chi connectivity index (χ2v) is 7.86. The highest BCUT2D eigenvalue weighted by atomic mass is 35.5. The quantitative estimate of drug-likeness (QED) is 0.283. The molecular weight excluding hydrogens is 434 g/mol. The molecule has 4 rings (SSSR count). The third-order valence-electron chi connectivity index (χ3n) is 4.45. The number of para-hydroxylation sites is 1. The fraction of sp³-hybridized carbons (Fsp3) is 0.150. The molecule has 0 fully saturated rings. The van der Waals surface area contributed by atoms with Crippen LogP contribution in [0.15, 0.2) is 53.7 Å². The number of benzene rings is 2. The molecule has 9 nitrogen and oxygen atoms in total. The van der Waals surface area contributed by atoms with Gasteiger partial charge in [-0.1, -0.05) is 60.6 Å². The van der Waals surface area contributed by atoms with Crippen molar-refractivity contribution in [2.45, 2.75) is 24.3 Å². The maximum absolute atomic E-state index is 6.24. The number of aryl methyl sites for hydroxylation is 1. The monoisotopic (exact) mass is 453 g/mol. The van der Waals surface area contributed by atoms with Crippen LogP contribution in [0.2, 0.25) is 5.02 Å². The van der Waals surface area contributed by atoms with E-state index in [2.05, 4.69) is 37.4 Å². The van der Waals surface area contributed by atoms with Gasteiger partial charge >= 0.3 is 0 Å². The Labute approximate surface area is 188 Å². The Morgan fingerprint density at radius 1 is 1.03 bits per heavy atom. The third-order valence-corrected chi connectivity index (χ3v) is 5.72. The first-order chi connectivity index (χ1) is 15.0. The summed E-state index contributed by atoms with van der Waals surface area (Å²) in [4.78, 5) is 12.9. The summed E-state index contributed by atoms with van der Waals surface area (Å²) >= 11 is 7.58. The number of thioether (sulfide) groups is 1. The van der Waals surface area contributed by atoms with E-state index in [1.54, 1.807) is 6.07 Å². The number of nitrogens with two attached hydrogens (primary N) is 2. The van der Waals surface area contributed by atoms with Gasteiger partial charge in [-0.15, -0.1) is 10.2 Å². The number of hydrogen-bond acceptors (Lipinski definition) is 9. The van der Waals surface area contributed by atoms with Crippen molar-refractivity contribution in [3.8, 4) is 11.4 Å². The van der Waals surface area contributed by atoms with Crippen LogP contribution in [0.3, 0.4) is 0 Å². The van der Waals surface area contributed by atoms with E-state index in [0.29, 0.717) is 39.1 Å². The standard InChI is InChI=1S/C20H20ClN9S/c1-2-12-7-3-6-10-15(12)24-19-26-16(25-18(22)27-19)11-31-20-29-28-17(30(20)23)13-8-4-5-9-14(13)21/h3-10H,2,11,23H2,1H3,(H3,22,24,25,26,27). The van der Waals surface area contributed by atoms with Gasteiger partial charge in [-0.25, -0.2) is 4.68 Å². The topological polar surface area (TPSA) is 133 Å². The largest absolute Gasteiger partial charge is 0.368 e. The summed E-state index contributed by atoms with van der Waals surface area (Å²) in [5, 5.41) is 12.6. The van der Waals surface area contributed by atoms with Crippen LogP contribution >= 0.6 is 23.4 Å². The maximum atomic E-state index is 6.24. The molecule has 0 bridgehead atoms. The smallest absolute Gasteiger partial charge is 0.232 e. The van der Waals surface area contributed by atoms with Gasteiger partial charge in [-0.2, -0.15) is 15.0 Å². The molecule has 0 radical (unpaired) electrons. The fourth-order valence-electron chi connectivity index (χ4n) is 2.96. The number of anilines is 3. The molecule has 31 heavy (non-hydrogen) atoms. The Balaban J connectivity index is 1.51. The van der Waals surface area contributed by atoms with Crippen molar-refractivity contribution in [1.82, 2.24) is 29.8 Å². The maximum Gasteiger partial charge on any atom is 0.232 e. The average molecular weight is 454 g/mol. The molecule has 0 aliphatic rings. The van der Waals surface area contributed by atoms with E-state index < -0.39 is 0 Å². The number of hydrogen-bond donors (Lipinski definition) is 3. The van der Waals surface area contributed by atoms with Crippen molar-refractivity contribution in [2.75, 3.05) is 16.9 Å². The van der Waals surface area contributed by atoms with Crippen molar-refractivity contribution in [1.29, 1.82) is 0 Å². The molecule has 2 aromatic carbocycles. The van der Waals surface area contributed by atoms with Gasteiger partial charge in [0.15, 0.2) is 5.82 Å². The van der Waals surface area contributed by atoms with E-state index in [-0.39, 0.29) is 5.95 Å². The lowest BCUT2D eigenvalue weighted by Gasteiger charge is -2.10. The predicted octanol–water partition coefficient (Wildman–Crippen LogP) is 3.68. The second kappa shape index (κ2) is 9.19. The van der Waals surface area contributed by atoms with Gasteiger partial charge in [-0.3, -0.25) is 0 Å². The normalized spacial score (nSPS) is 10.9. The molecule has 0 aliphatic carbocycles. The summed E-state index contributed by atoms with van der Waals surface area (Å²) in [6.45, 7) is 2.09. The van der Waals surface area contributed by atoms with Crippen molar-refractivity contribution in [2.24, 2.45) is 0 Å². The summed E-state index contributed by atoms with van der Waals surface area (Å²) in [5.74, 6) is 8.06. The fourth-order valence-corrected chi connectivity index (χ4v) is 3.89. The molecule has 0 spiro atoms. The minimum absolute atomic E-state index is 0.132. The van der Waals surface area contributed by atoms with E-state index in [9.17, 15) is 0 Å². The van der Waals surface area contributed by atoms with Gasteiger partial charge in [0.2, 0.25) is 17.1 Å². The minimum atomic E-state index is 0.132. The van der Waals surface area contributed by atoms with Crippen LogP contribution in [0.4, 0.5) is 17.6 Å². The van der Waals surface area contributed by atoms with Gasteiger partial charge in [0, 0.05) is 11.3 Å². The van der Waals surface area contributed by atoms with Crippen molar-refractivity contribution in [3.05, 3.63) is 64.9 Å². The summed E-state index contributed by atoms with van der Waals surface area (Å²) in [5.41, 5.74) is 8.68. The zero-order chi connectivity index (χ0) is 21.8. The Kier molecular flexibility index (Phi) is 6.19. The van der Waals surface area contributed by atoms with Crippen LogP contribution in [-0.2, 0) is 12.2 Å². The van der Waals surface area contributed by atoms with Gasteiger partial charge < -0.3 is 16.9 Å². The first-order valence-electron chi connectivity index (χ1n) is 9.48. The molecule has 0 unspecified atom stereocenters. The van der Waals surface area contributed by atoms with Gasteiger partial charge in [0.1, 0.15) is 5.82 Å². The molecule has 5 N–H and O–H groups in total. The molecule has 2 heterocycles. The average Bonchev–Trinajstić information content (AvgIpc) is 3.13. The van der Waals surface area contributed by atoms with E-state index in [1.165, 1.54) is 16.4 Å². The summed E-state index contributed by atoms with van der Waals surface area (Å²) in [6.07, 6.45) is 0.881. The molecule has 0 atom stereocenters. The number of halogens is 1. The lowest BCUT2D eigenvalue weighted by molar-refractivity contribution is 0.847. The van der Waals surface area contributed by atoms with Gasteiger partial charge in [-0.05, 0) is 30.2 Å². The second-order valence-electron chi connectivity index (χ2n) is 6.51. The molecule has 4 aromatic rings. The number of rotatable bonds is 7. The molecule has 11 heteroatoms. The van der Waals surface area contributed by atoms with E-state index in [1.807, 2.05) is 42.5 Å². The van der Waals surface area contributed by atoms with Crippen molar-refractivity contribution in [3.63, 3.8) is 0 Å². The van der Waals surface area contributed by atoms with Crippen molar-refractivity contribution < 1.29 is 0 Å². The van der Waals surface area contributed by atoms with E-state index >= 15 is 0 Å². The zero-order valence-electron chi connectivity index (χ0n) is 16.7.